The van der Waals surface area contributed by atoms with Gasteiger partial charge in [-0.15, -0.1) is 0 Å². The summed E-state index contributed by atoms with van der Waals surface area (Å²) in [5.41, 5.74) is 13.5. The second-order valence-electron chi connectivity index (χ2n) is 18.1. The standard InChI is InChI=1S/C67H36N10/c1-71-51-26-30-52(50(34-51)41-70)48-24-28-54-55-29-25-49(53-27-23-42(39-68)33-61(53)72-2)36-64(55)77(63(54)35-48)65-56(62-38-60(46-19-11-5-12-20-46)73-66(76-62)47-21-13-6-14-22-47)31-43(40-69)32-57(65)67-74-58(44-15-7-3-8-16-44)37-59(75-67)45-17-9-4-10-18-45/h3-38H. The van der Waals surface area contributed by atoms with Crippen molar-refractivity contribution in [2.75, 3.05) is 0 Å². The van der Waals surface area contributed by atoms with Crippen molar-refractivity contribution in [3.05, 3.63) is 258 Å². The largest absolute Gasteiger partial charge is 0.308 e. The van der Waals surface area contributed by atoms with E-state index >= 15 is 0 Å². The van der Waals surface area contributed by atoms with Crippen molar-refractivity contribution in [1.29, 1.82) is 15.8 Å². The molecule has 0 spiro atoms. The Balaban J connectivity index is 1.27. The van der Waals surface area contributed by atoms with Crippen molar-refractivity contribution in [2.24, 2.45) is 0 Å². The highest BCUT2D eigenvalue weighted by Crippen LogP contribution is 2.45. The van der Waals surface area contributed by atoms with Crippen LogP contribution >= 0.6 is 0 Å². The van der Waals surface area contributed by atoms with Crippen molar-refractivity contribution in [1.82, 2.24) is 24.5 Å². The molecule has 9 aromatic carbocycles. The minimum Gasteiger partial charge on any atom is -0.308 e. The van der Waals surface area contributed by atoms with Crippen molar-refractivity contribution in [2.45, 2.75) is 0 Å². The quantitative estimate of drug-likeness (QED) is 0.131. The van der Waals surface area contributed by atoms with Crippen LogP contribution < -0.4 is 0 Å². The molecule has 0 aliphatic heterocycles. The van der Waals surface area contributed by atoms with E-state index in [9.17, 15) is 15.8 Å². The lowest BCUT2D eigenvalue weighted by molar-refractivity contribution is 1.13. The molecule has 3 heterocycles. The zero-order valence-corrected chi connectivity index (χ0v) is 40.8. The van der Waals surface area contributed by atoms with Gasteiger partial charge in [0, 0.05) is 55.3 Å². The van der Waals surface area contributed by atoms with Crippen LogP contribution in [-0.4, -0.2) is 24.5 Å². The number of hydrogen-bond acceptors (Lipinski definition) is 7. The lowest BCUT2D eigenvalue weighted by Gasteiger charge is -2.20. The zero-order chi connectivity index (χ0) is 52.4. The summed E-state index contributed by atoms with van der Waals surface area (Å²) in [6, 6.07) is 76.4. The third kappa shape index (κ3) is 8.63. The average molecular weight is 981 g/mol. The molecule has 12 aromatic rings. The molecule has 3 aromatic heterocycles. The molecule has 0 atom stereocenters. The van der Waals surface area contributed by atoms with Gasteiger partial charge >= 0.3 is 0 Å². The second-order valence-corrected chi connectivity index (χ2v) is 18.1. The highest BCUT2D eigenvalue weighted by Gasteiger charge is 2.26. The van der Waals surface area contributed by atoms with Crippen molar-refractivity contribution >= 4 is 33.2 Å². The van der Waals surface area contributed by atoms with Crippen LogP contribution in [0.3, 0.4) is 0 Å². The van der Waals surface area contributed by atoms with Crippen LogP contribution in [0.25, 0.3) is 127 Å². The number of nitrogens with zero attached hydrogens (tertiary/aromatic N) is 10. The van der Waals surface area contributed by atoms with Crippen molar-refractivity contribution in [3.8, 4) is 114 Å². The number of nitriles is 3. The molecule has 77 heavy (non-hydrogen) atoms. The summed E-state index contributed by atoms with van der Waals surface area (Å²) in [4.78, 5) is 28.8. The molecule has 0 saturated heterocycles. The first-order valence-corrected chi connectivity index (χ1v) is 24.4. The van der Waals surface area contributed by atoms with Crippen LogP contribution in [0.2, 0.25) is 0 Å². The lowest BCUT2D eigenvalue weighted by atomic mass is 9.96. The molecule has 0 saturated carbocycles. The van der Waals surface area contributed by atoms with Gasteiger partial charge in [-0.05, 0) is 76.9 Å². The Morgan fingerprint density at radius 3 is 1.39 bits per heavy atom. The maximum absolute atomic E-state index is 11.2. The molecule has 0 N–H and O–H groups in total. The minimum atomic E-state index is 0.322. The van der Waals surface area contributed by atoms with Gasteiger partial charge in [-0.3, -0.25) is 0 Å². The Kier molecular flexibility index (Phi) is 11.9. The summed E-state index contributed by atoms with van der Waals surface area (Å²) in [5.74, 6) is 0.807. The Labute approximate surface area is 443 Å². The number of fused-ring (bicyclic) bond motifs is 3. The molecule has 10 heteroatoms. The molecular weight excluding hydrogens is 945 g/mol. The fourth-order valence-corrected chi connectivity index (χ4v) is 9.92. The van der Waals surface area contributed by atoms with Gasteiger partial charge in [-0.1, -0.05) is 164 Å². The van der Waals surface area contributed by atoms with Gasteiger partial charge in [0.2, 0.25) is 0 Å². The first-order chi connectivity index (χ1) is 37.9. The molecule has 0 fully saturated rings. The summed E-state index contributed by atoms with van der Waals surface area (Å²) in [5, 5.41) is 33.2. The highest BCUT2D eigenvalue weighted by molar-refractivity contribution is 6.13. The van der Waals surface area contributed by atoms with Gasteiger partial charge < -0.3 is 4.57 Å². The first kappa shape index (κ1) is 46.5. The third-order valence-corrected chi connectivity index (χ3v) is 13.6. The molecule has 12 rings (SSSR count). The third-order valence-electron chi connectivity index (χ3n) is 13.6. The van der Waals surface area contributed by atoms with Crippen molar-refractivity contribution < 1.29 is 0 Å². The van der Waals surface area contributed by atoms with E-state index in [1.54, 1.807) is 36.4 Å². The summed E-state index contributed by atoms with van der Waals surface area (Å²) >= 11 is 0. The maximum Gasteiger partial charge on any atom is 0.196 e. The van der Waals surface area contributed by atoms with E-state index in [0.717, 1.165) is 55.2 Å². The zero-order valence-electron chi connectivity index (χ0n) is 40.8. The van der Waals surface area contributed by atoms with Gasteiger partial charge in [0.25, 0.3) is 0 Å². The predicted molar refractivity (Wildman–Crippen MR) is 302 cm³/mol. The maximum atomic E-state index is 11.2. The Bertz CT molecular complexity index is 4160. The van der Waals surface area contributed by atoms with Gasteiger partial charge in [0.15, 0.2) is 23.0 Å². The Morgan fingerprint density at radius 2 is 0.857 bits per heavy atom. The molecule has 0 bridgehead atoms. The summed E-state index contributed by atoms with van der Waals surface area (Å²) in [7, 11) is 0. The minimum absolute atomic E-state index is 0.322. The topological polar surface area (TPSA) is 137 Å². The van der Waals surface area contributed by atoms with Crippen LogP contribution in [0, 0.1) is 47.1 Å². The molecule has 10 nitrogen and oxygen atoms in total. The average Bonchev–Trinajstić information content (AvgIpc) is 3.92. The molecule has 0 aliphatic carbocycles. The van der Waals surface area contributed by atoms with Crippen LogP contribution in [0.5, 0.6) is 0 Å². The Morgan fingerprint density at radius 1 is 0.364 bits per heavy atom. The van der Waals surface area contributed by atoms with E-state index in [-0.39, 0.29) is 0 Å². The van der Waals surface area contributed by atoms with Crippen LogP contribution in [0.15, 0.2) is 218 Å². The van der Waals surface area contributed by atoms with Crippen LogP contribution in [0.1, 0.15) is 16.7 Å². The molecule has 0 amide bonds. The summed E-state index contributed by atoms with van der Waals surface area (Å²) < 4.78 is 2.15. The molecular formula is C67H36N10. The van der Waals surface area contributed by atoms with Gasteiger partial charge in [0.05, 0.1) is 76.4 Å². The lowest BCUT2D eigenvalue weighted by Crippen LogP contribution is -2.06. The second kappa shape index (κ2) is 19.8. The van der Waals surface area contributed by atoms with E-state index in [1.165, 1.54) is 0 Å². The SMILES string of the molecule is [C-]#[N+]c1ccc(-c2ccc3c4ccc(-c5ccc(C#N)cc5[N+]#[C-])cc4n(-c4c(-c5cc(-c6ccccc6)nc(-c6ccccc6)n5)cc(C#N)cc4-c4nc(-c5ccccc5)cc(-c5ccccc5)n4)c3c2)c(C#N)c1. The summed E-state index contributed by atoms with van der Waals surface area (Å²) in [6.45, 7) is 15.9. The smallest absolute Gasteiger partial charge is 0.196 e. The monoisotopic (exact) mass is 980 g/mol. The van der Waals surface area contributed by atoms with Gasteiger partial charge in [-0.25, -0.2) is 29.6 Å². The van der Waals surface area contributed by atoms with E-state index < -0.39 is 0 Å². The Hall–Kier alpha value is -11.6. The van der Waals surface area contributed by atoms with Crippen LogP contribution in [-0.2, 0) is 0 Å². The number of hydrogen-bond donors (Lipinski definition) is 0. The predicted octanol–water partition coefficient (Wildman–Crippen LogP) is 16.4. The first-order valence-electron chi connectivity index (χ1n) is 24.4. The van der Waals surface area contributed by atoms with E-state index in [4.69, 9.17) is 33.1 Å². The molecule has 0 aliphatic rings. The number of benzene rings is 9. The fourth-order valence-electron chi connectivity index (χ4n) is 9.92. The van der Waals surface area contributed by atoms with Gasteiger partial charge in [-0.2, -0.15) is 15.8 Å². The summed E-state index contributed by atoms with van der Waals surface area (Å²) in [6.07, 6.45) is 0. The van der Waals surface area contributed by atoms with E-state index in [0.29, 0.717) is 90.4 Å². The van der Waals surface area contributed by atoms with Crippen molar-refractivity contribution in [3.63, 3.8) is 0 Å². The number of rotatable bonds is 9. The van der Waals surface area contributed by atoms with E-state index in [1.807, 2.05) is 182 Å². The molecule has 0 unspecified atom stereocenters. The van der Waals surface area contributed by atoms with E-state index in [2.05, 4.69) is 32.5 Å². The normalized spacial score (nSPS) is 10.8. The number of aromatic nitrogens is 5. The fraction of sp³-hybridized carbons (Fsp3) is 0. The molecule has 354 valence electrons. The highest BCUT2D eigenvalue weighted by atomic mass is 15.0. The van der Waals surface area contributed by atoms with Crippen LogP contribution in [0.4, 0.5) is 11.4 Å². The molecule has 0 radical (unpaired) electrons. The van der Waals surface area contributed by atoms with Gasteiger partial charge in [0.1, 0.15) is 0 Å².